The number of ether oxygens (including phenoxy) is 2. The first-order valence-electron chi connectivity index (χ1n) is 9.45. The van der Waals surface area contributed by atoms with Gasteiger partial charge in [0.2, 0.25) is 0 Å². The molecule has 8 heteroatoms. The van der Waals surface area contributed by atoms with E-state index in [1.165, 1.54) is 18.2 Å². The summed E-state index contributed by atoms with van der Waals surface area (Å²) in [6.45, 7) is 0.156. The molecule has 0 saturated carbocycles. The van der Waals surface area contributed by atoms with Gasteiger partial charge >= 0.3 is 0 Å². The molecule has 0 saturated heterocycles. The van der Waals surface area contributed by atoms with Gasteiger partial charge in [0.25, 0.3) is 11.8 Å². The molecule has 160 valence electrons. The summed E-state index contributed by atoms with van der Waals surface area (Å²) in [5.41, 5.74) is 0.329. The molecule has 0 bridgehead atoms. The van der Waals surface area contributed by atoms with Gasteiger partial charge in [0, 0.05) is 5.02 Å². The van der Waals surface area contributed by atoms with Crippen LogP contribution in [0.4, 0.5) is 10.1 Å². The molecule has 3 aromatic rings. The molecule has 31 heavy (non-hydrogen) atoms. The van der Waals surface area contributed by atoms with Crippen LogP contribution in [0.15, 0.2) is 72.8 Å². The predicted octanol–water partition coefficient (Wildman–Crippen LogP) is 4.31. The van der Waals surface area contributed by atoms with E-state index < -0.39 is 11.7 Å². The van der Waals surface area contributed by atoms with Gasteiger partial charge in [-0.25, -0.2) is 4.39 Å². The molecular formula is C23H20ClFN2O4. The van der Waals surface area contributed by atoms with E-state index in [9.17, 15) is 14.0 Å². The van der Waals surface area contributed by atoms with Crippen LogP contribution in [0, 0.1) is 5.82 Å². The van der Waals surface area contributed by atoms with Crippen LogP contribution in [0.25, 0.3) is 0 Å². The fraction of sp³-hybridized carbons (Fsp3) is 0.130. The molecule has 3 rings (SSSR count). The summed E-state index contributed by atoms with van der Waals surface area (Å²) in [6.07, 6.45) is 0. The Labute approximate surface area is 183 Å². The second-order valence-electron chi connectivity index (χ2n) is 6.37. The Balaban J connectivity index is 1.49. The number of halogens is 2. The van der Waals surface area contributed by atoms with Gasteiger partial charge in [0.05, 0.1) is 17.8 Å². The molecule has 0 aliphatic heterocycles. The van der Waals surface area contributed by atoms with Crippen LogP contribution < -0.4 is 20.1 Å². The lowest BCUT2D eigenvalue weighted by atomic mass is 10.2. The van der Waals surface area contributed by atoms with Crippen molar-refractivity contribution in [3.63, 3.8) is 0 Å². The number of amides is 2. The Morgan fingerprint density at radius 2 is 1.61 bits per heavy atom. The van der Waals surface area contributed by atoms with E-state index in [1.54, 1.807) is 54.6 Å². The molecule has 0 radical (unpaired) electrons. The largest absolute Gasteiger partial charge is 0.492 e. The number of nitrogens with one attached hydrogen (secondary N) is 2. The van der Waals surface area contributed by atoms with Crippen molar-refractivity contribution in [3.05, 3.63) is 89.2 Å². The highest BCUT2D eigenvalue weighted by Gasteiger charge is 2.14. The third kappa shape index (κ3) is 6.72. The van der Waals surface area contributed by atoms with Crippen LogP contribution in [0.2, 0.25) is 5.02 Å². The average molecular weight is 443 g/mol. The molecule has 0 aliphatic rings. The number of benzene rings is 3. The van der Waals surface area contributed by atoms with Crippen LogP contribution in [-0.2, 0) is 4.79 Å². The molecule has 0 aliphatic carbocycles. The van der Waals surface area contributed by atoms with Gasteiger partial charge in [-0.3, -0.25) is 9.59 Å². The molecule has 6 nitrogen and oxygen atoms in total. The van der Waals surface area contributed by atoms with Gasteiger partial charge in [-0.2, -0.15) is 0 Å². The van der Waals surface area contributed by atoms with E-state index in [4.69, 9.17) is 21.1 Å². The summed E-state index contributed by atoms with van der Waals surface area (Å²) in [4.78, 5) is 24.5. The van der Waals surface area contributed by atoms with Gasteiger partial charge in [-0.1, -0.05) is 35.9 Å². The summed E-state index contributed by atoms with van der Waals surface area (Å²) in [5.74, 6) is -0.580. The Morgan fingerprint density at radius 1 is 0.903 bits per heavy atom. The number of carbonyl (C=O) groups is 2. The summed E-state index contributed by atoms with van der Waals surface area (Å²) >= 11 is 5.82. The van der Waals surface area contributed by atoms with E-state index >= 15 is 0 Å². The second kappa shape index (κ2) is 11.0. The van der Waals surface area contributed by atoms with Crippen molar-refractivity contribution in [1.82, 2.24) is 5.32 Å². The molecule has 2 amide bonds. The summed E-state index contributed by atoms with van der Waals surface area (Å²) in [6, 6.07) is 19.3. The Kier molecular flexibility index (Phi) is 7.84. The van der Waals surface area contributed by atoms with Gasteiger partial charge in [0.1, 0.15) is 23.9 Å². The Morgan fingerprint density at radius 3 is 2.39 bits per heavy atom. The molecule has 0 atom stereocenters. The molecule has 0 fully saturated rings. The third-order valence-corrected chi connectivity index (χ3v) is 4.36. The monoisotopic (exact) mass is 442 g/mol. The van der Waals surface area contributed by atoms with E-state index in [1.807, 2.05) is 0 Å². The van der Waals surface area contributed by atoms with E-state index in [2.05, 4.69) is 10.6 Å². The first kappa shape index (κ1) is 22.1. The van der Waals surface area contributed by atoms with Crippen LogP contribution in [-0.4, -0.2) is 31.6 Å². The summed E-state index contributed by atoms with van der Waals surface area (Å²) < 4.78 is 24.6. The zero-order valence-corrected chi connectivity index (χ0v) is 17.2. The predicted molar refractivity (Wildman–Crippen MR) is 116 cm³/mol. The van der Waals surface area contributed by atoms with Crippen LogP contribution in [0.3, 0.4) is 0 Å². The van der Waals surface area contributed by atoms with Crippen molar-refractivity contribution in [1.29, 1.82) is 0 Å². The zero-order valence-electron chi connectivity index (χ0n) is 16.4. The van der Waals surface area contributed by atoms with E-state index in [-0.39, 0.29) is 42.7 Å². The number of rotatable bonds is 9. The Hall–Kier alpha value is -3.58. The molecule has 0 aromatic heterocycles. The fourth-order valence-corrected chi connectivity index (χ4v) is 2.76. The average Bonchev–Trinajstić information content (AvgIpc) is 2.78. The number of anilines is 1. The first-order valence-corrected chi connectivity index (χ1v) is 9.83. The highest BCUT2D eigenvalue weighted by atomic mass is 35.5. The lowest BCUT2D eigenvalue weighted by Gasteiger charge is -2.12. The molecule has 2 N–H and O–H groups in total. The minimum Gasteiger partial charge on any atom is -0.492 e. The van der Waals surface area contributed by atoms with Crippen molar-refractivity contribution in [2.24, 2.45) is 0 Å². The summed E-state index contributed by atoms with van der Waals surface area (Å²) in [5, 5.41) is 5.77. The minimum absolute atomic E-state index is 0.0582. The van der Waals surface area contributed by atoms with Crippen LogP contribution in [0.1, 0.15) is 10.4 Å². The second-order valence-corrected chi connectivity index (χ2v) is 6.81. The van der Waals surface area contributed by atoms with Gasteiger partial charge < -0.3 is 20.1 Å². The van der Waals surface area contributed by atoms with Crippen molar-refractivity contribution in [2.45, 2.75) is 0 Å². The molecule has 0 heterocycles. The van der Waals surface area contributed by atoms with E-state index in [0.717, 1.165) is 0 Å². The molecular weight excluding hydrogens is 423 g/mol. The number of para-hydroxylation sites is 2. The summed E-state index contributed by atoms with van der Waals surface area (Å²) in [7, 11) is 0. The van der Waals surface area contributed by atoms with E-state index in [0.29, 0.717) is 10.8 Å². The SMILES string of the molecule is O=C(COc1ccccc1C(=O)NCCOc1ccc(Cl)cc1)Nc1ccccc1F. The highest BCUT2D eigenvalue weighted by molar-refractivity contribution is 6.30. The van der Waals surface area contributed by atoms with Crippen molar-refractivity contribution in [3.8, 4) is 11.5 Å². The molecule has 0 spiro atoms. The fourth-order valence-electron chi connectivity index (χ4n) is 2.63. The van der Waals surface area contributed by atoms with Crippen molar-refractivity contribution >= 4 is 29.1 Å². The highest BCUT2D eigenvalue weighted by Crippen LogP contribution is 2.19. The quantitative estimate of drug-likeness (QED) is 0.484. The molecule has 3 aromatic carbocycles. The number of hydrogen-bond donors (Lipinski definition) is 2. The lowest BCUT2D eigenvalue weighted by molar-refractivity contribution is -0.118. The van der Waals surface area contributed by atoms with Gasteiger partial charge in [-0.15, -0.1) is 0 Å². The van der Waals surface area contributed by atoms with Crippen molar-refractivity contribution < 1.29 is 23.5 Å². The maximum atomic E-state index is 13.6. The number of carbonyl (C=O) groups excluding carboxylic acids is 2. The zero-order chi connectivity index (χ0) is 22.1. The molecule has 0 unspecified atom stereocenters. The van der Waals surface area contributed by atoms with Crippen molar-refractivity contribution in [2.75, 3.05) is 25.1 Å². The minimum atomic E-state index is -0.545. The van der Waals surface area contributed by atoms with Gasteiger partial charge in [-0.05, 0) is 48.5 Å². The van der Waals surface area contributed by atoms with Crippen LogP contribution >= 0.6 is 11.6 Å². The van der Waals surface area contributed by atoms with Crippen LogP contribution in [0.5, 0.6) is 11.5 Å². The normalized spacial score (nSPS) is 10.3. The number of hydrogen-bond acceptors (Lipinski definition) is 4. The first-order chi connectivity index (χ1) is 15.0. The third-order valence-electron chi connectivity index (χ3n) is 4.11. The maximum absolute atomic E-state index is 13.6. The topological polar surface area (TPSA) is 76.7 Å². The smallest absolute Gasteiger partial charge is 0.262 e. The van der Waals surface area contributed by atoms with Gasteiger partial charge in [0.15, 0.2) is 6.61 Å². The standard InChI is InChI=1S/C23H20ClFN2O4/c24-16-9-11-17(12-10-16)30-14-13-26-23(29)18-5-1-4-8-21(18)31-15-22(28)27-20-7-3-2-6-19(20)25/h1-12H,13-15H2,(H,26,29)(H,27,28). The Bertz CT molecular complexity index is 1040. The maximum Gasteiger partial charge on any atom is 0.262 e. The lowest BCUT2D eigenvalue weighted by Crippen LogP contribution is -2.29.